The normalized spacial score (nSPS) is 46.9. The molecule has 3 aliphatic rings. The fourth-order valence-corrected chi connectivity index (χ4v) is 5.30. The average molecular weight is 211 g/mol. The van der Waals surface area contributed by atoms with Crippen LogP contribution in [0.2, 0.25) is 0 Å². The van der Waals surface area contributed by atoms with Crippen molar-refractivity contribution in [1.29, 1.82) is 0 Å². The lowest BCUT2D eigenvalue weighted by molar-refractivity contribution is 0.168. The molecule has 2 heterocycles. The highest BCUT2D eigenvalue weighted by molar-refractivity contribution is 7.98. The van der Waals surface area contributed by atoms with Crippen LogP contribution in [0, 0.1) is 5.92 Å². The van der Waals surface area contributed by atoms with Gasteiger partial charge in [0.2, 0.25) is 0 Å². The van der Waals surface area contributed by atoms with E-state index in [-0.39, 0.29) is 0 Å². The first-order chi connectivity index (χ1) is 6.86. The van der Waals surface area contributed by atoms with Crippen molar-refractivity contribution in [3.05, 3.63) is 0 Å². The van der Waals surface area contributed by atoms with Gasteiger partial charge in [0.25, 0.3) is 0 Å². The Kier molecular flexibility index (Phi) is 2.32. The van der Waals surface area contributed by atoms with Crippen LogP contribution in [-0.2, 0) is 0 Å². The SMILES string of the molecule is CSC[C@@]12CCCN1[C@@H]1CCC[C@@H]1C2. The van der Waals surface area contributed by atoms with Crippen LogP contribution in [0.5, 0.6) is 0 Å². The molecule has 1 nitrogen and oxygen atoms in total. The van der Waals surface area contributed by atoms with E-state index < -0.39 is 0 Å². The van der Waals surface area contributed by atoms with Crippen molar-refractivity contribution in [3.63, 3.8) is 0 Å². The minimum atomic E-state index is 0.648. The maximum absolute atomic E-state index is 2.90. The quantitative estimate of drug-likeness (QED) is 0.691. The molecule has 80 valence electrons. The Bertz CT molecular complexity index is 230. The van der Waals surface area contributed by atoms with Crippen LogP contribution in [0.1, 0.15) is 38.5 Å². The molecule has 3 atom stereocenters. The third kappa shape index (κ3) is 1.19. The van der Waals surface area contributed by atoms with Gasteiger partial charge in [-0.1, -0.05) is 6.42 Å². The van der Waals surface area contributed by atoms with Gasteiger partial charge in [-0.2, -0.15) is 11.8 Å². The molecule has 2 heteroatoms. The molecule has 0 unspecified atom stereocenters. The molecule has 0 aromatic rings. The summed E-state index contributed by atoms with van der Waals surface area (Å²) < 4.78 is 0. The van der Waals surface area contributed by atoms with Crippen LogP contribution >= 0.6 is 11.8 Å². The summed E-state index contributed by atoms with van der Waals surface area (Å²) in [5, 5.41) is 0. The van der Waals surface area contributed by atoms with Crippen molar-refractivity contribution in [2.45, 2.75) is 50.1 Å². The van der Waals surface area contributed by atoms with Gasteiger partial charge < -0.3 is 0 Å². The predicted octanol–water partition coefficient (Wildman–Crippen LogP) is 2.76. The summed E-state index contributed by atoms with van der Waals surface area (Å²) >= 11 is 2.06. The number of hydrogen-bond acceptors (Lipinski definition) is 2. The Morgan fingerprint density at radius 3 is 3.14 bits per heavy atom. The Labute approximate surface area is 91.6 Å². The van der Waals surface area contributed by atoms with E-state index in [0.717, 1.165) is 12.0 Å². The third-order valence-corrected chi connectivity index (χ3v) is 5.55. The maximum Gasteiger partial charge on any atom is 0.0306 e. The molecule has 0 radical (unpaired) electrons. The molecule has 0 amide bonds. The molecule has 3 rings (SSSR count). The van der Waals surface area contributed by atoms with Crippen molar-refractivity contribution < 1.29 is 0 Å². The molecule has 0 aromatic heterocycles. The van der Waals surface area contributed by atoms with Crippen LogP contribution < -0.4 is 0 Å². The fourth-order valence-electron chi connectivity index (χ4n) is 4.33. The van der Waals surface area contributed by atoms with Crippen LogP contribution in [0.25, 0.3) is 0 Å². The smallest absolute Gasteiger partial charge is 0.0306 e. The van der Waals surface area contributed by atoms with Crippen molar-refractivity contribution in [3.8, 4) is 0 Å². The predicted molar refractivity (Wildman–Crippen MR) is 62.8 cm³/mol. The molecule has 0 aromatic carbocycles. The largest absolute Gasteiger partial charge is 0.294 e. The molecular formula is C12H21NS. The van der Waals surface area contributed by atoms with Crippen LogP contribution in [0.4, 0.5) is 0 Å². The molecular weight excluding hydrogens is 190 g/mol. The number of hydrogen-bond donors (Lipinski definition) is 0. The summed E-state index contributed by atoms with van der Waals surface area (Å²) in [7, 11) is 0. The van der Waals surface area contributed by atoms with E-state index in [1.807, 2.05) is 0 Å². The number of rotatable bonds is 2. The Hall–Kier alpha value is 0.310. The molecule has 3 fully saturated rings. The highest BCUT2D eigenvalue weighted by atomic mass is 32.2. The van der Waals surface area contributed by atoms with E-state index >= 15 is 0 Å². The summed E-state index contributed by atoms with van der Waals surface area (Å²) in [6.45, 7) is 1.40. The molecule has 2 aliphatic heterocycles. The van der Waals surface area contributed by atoms with Crippen molar-refractivity contribution >= 4 is 11.8 Å². The lowest BCUT2D eigenvalue weighted by atomic mass is 9.91. The van der Waals surface area contributed by atoms with Gasteiger partial charge in [-0.25, -0.2) is 0 Å². The van der Waals surface area contributed by atoms with Crippen molar-refractivity contribution in [2.75, 3.05) is 18.6 Å². The van der Waals surface area contributed by atoms with Gasteiger partial charge in [-0.05, 0) is 50.8 Å². The Balaban J connectivity index is 1.84. The summed E-state index contributed by atoms with van der Waals surface area (Å²) in [6.07, 6.45) is 11.3. The summed E-state index contributed by atoms with van der Waals surface area (Å²) in [6, 6.07) is 0.990. The zero-order chi connectivity index (χ0) is 9.60. The van der Waals surface area contributed by atoms with Crippen molar-refractivity contribution in [1.82, 2.24) is 4.90 Å². The minimum Gasteiger partial charge on any atom is -0.294 e. The van der Waals surface area contributed by atoms with Gasteiger partial charge >= 0.3 is 0 Å². The summed E-state index contributed by atoms with van der Waals surface area (Å²) in [4.78, 5) is 2.90. The maximum atomic E-state index is 2.90. The van der Waals surface area contributed by atoms with E-state index in [2.05, 4.69) is 22.9 Å². The molecule has 14 heavy (non-hydrogen) atoms. The van der Waals surface area contributed by atoms with Crippen molar-refractivity contribution in [2.24, 2.45) is 5.92 Å². The molecule has 0 spiro atoms. The van der Waals surface area contributed by atoms with Gasteiger partial charge in [-0.3, -0.25) is 4.90 Å². The van der Waals surface area contributed by atoms with Gasteiger partial charge in [0.05, 0.1) is 0 Å². The number of thioether (sulfide) groups is 1. The molecule has 2 saturated heterocycles. The van der Waals surface area contributed by atoms with Gasteiger partial charge in [-0.15, -0.1) is 0 Å². The van der Waals surface area contributed by atoms with Crippen LogP contribution in [-0.4, -0.2) is 35.0 Å². The molecule has 0 N–H and O–H groups in total. The number of nitrogens with zero attached hydrogens (tertiary/aromatic N) is 1. The highest BCUT2D eigenvalue weighted by Gasteiger charge is 2.54. The van der Waals surface area contributed by atoms with E-state index in [1.165, 1.54) is 50.8 Å². The van der Waals surface area contributed by atoms with E-state index in [1.54, 1.807) is 0 Å². The summed E-state index contributed by atoms with van der Waals surface area (Å²) in [5.74, 6) is 2.46. The first-order valence-corrected chi connectivity index (χ1v) is 7.51. The van der Waals surface area contributed by atoms with Crippen LogP contribution in [0.3, 0.4) is 0 Å². The van der Waals surface area contributed by atoms with Gasteiger partial charge in [0, 0.05) is 17.3 Å². The average Bonchev–Trinajstić information content (AvgIpc) is 2.74. The lowest BCUT2D eigenvalue weighted by Crippen LogP contribution is -2.44. The topological polar surface area (TPSA) is 3.24 Å². The van der Waals surface area contributed by atoms with E-state index in [9.17, 15) is 0 Å². The van der Waals surface area contributed by atoms with E-state index in [4.69, 9.17) is 0 Å². The second-order valence-electron chi connectivity index (χ2n) is 5.42. The Morgan fingerprint density at radius 1 is 1.36 bits per heavy atom. The first kappa shape index (κ1) is 9.53. The molecule has 1 saturated carbocycles. The zero-order valence-corrected chi connectivity index (χ0v) is 9.98. The standard InChI is InChI=1S/C12H21NS/c1-14-9-12-6-3-7-13(12)11-5-2-4-10(11)8-12/h10-11H,2-9H2,1H3/t10-,11-,12+/m1/s1. The number of fused-ring (bicyclic) bond motifs is 3. The zero-order valence-electron chi connectivity index (χ0n) is 9.17. The highest BCUT2D eigenvalue weighted by Crippen LogP contribution is 2.52. The Morgan fingerprint density at radius 2 is 2.29 bits per heavy atom. The minimum absolute atomic E-state index is 0.648. The molecule has 1 aliphatic carbocycles. The van der Waals surface area contributed by atoms with Gasteiger partial charge in [0.15, 0.2) is 0 Å². The second-order valence-corrected chi connectivity index (χ2v) is 6.28. The molecule has 0 bridgehead atoms. The van der Waals surface area contributed by atoms with Crippen LogP contribution in [0.15, 0.2) is 0 Å². The lowest BCUT2D eigenvalue weighted by Gasteiger charge is -2.34. The monoisotopic (exact) mass is 211 g/mol. The second kappa shape index (κ2) is 3.41. The fraction of sp³-hybridized carbons (Fsp3) is 1.00. The van der Waals surface area contributed by atoms with E-state index in [0.29, 0.717) is 5.54 Å². The van der Waals surface area contributed by atoms with Gasteiger partial charge in [0.1, 0.15) is 0 Å². The third-order valence-electron chi connectivity index (χ3n) is 4.72. The first-order valence-electron chi connectivity index (χ1n) is 6.11. The summed E-state index contributed by atoms with van der Waals surface area (Å²) in [5.41, 5.74) is 0.648.